The molecular formula is C24H32FN9O7S. The van der Waals surface area contributed by atoms with Crippen LogP contribution in [0.1, 0.15) is 32.2 Å². The van der Waals surface area contributed by atoms with Crippen molar-refractivity contribution in [2.45, 2.75) is 43.8 Å². The summed E-state index contributed by atoms with van der Waals surface area (Å²) in [5.74, 6) is -0.184. The third-order valence-electron chi connectivity index (χ3n) is 6.56. The molecule has 2 aliphatic heterocycles. The van der Waals surface area contributed by atoms with E-state index in [0.717, 1.165) is 12.4 Å². The van der Waals surface area contributed by atoms with Crippen molar-refractivity contribution in [3.05, 3.63) is 30.4 Å². The van der Waals surface area contributed by atoms with E-state index in [1.165, 1.54) is 25.1 Å². The van der Waals surface area contributed by atoms with Gasteiger partial charge in [-0.05, 0) is 20.3 Å². The average Bonchev–Trinajstić information content (AvgIpc) is 3.39. The van der Waals surface area contributed by atoms with E-state index in [9.17, 15) is 12.8 Å². The monoisotopic (exact) mass is 609 g/mol. The second kappa shape index (κ2) is 12.6. The van der Waals surface area contributed by atoms with Crippen LogP contribution >= 0.6 is 0 Å². The summed E-state index contributed by atoms with van der Waals surface area (Å²) in [4.78, 5) is 18.0. The van der Waals surface area contributed by atoms with Crippen molar-refractivity contribution < 1.29 is 36.5 Å². The highest BCUT2D eigenvalue weighted by molar-refractivity contribution is 7.93. The molecule has 2 unspecified atom stereocenters. The number of hydrogen-bond donors (Lipinski definition) is 1. The second-order valence-electron chi connectivity index (χ2n) is 9.81. The Kier molecular flexibility index (Phi) is 8.95. The first-order valence-electron chi connectivity index (χ1n) is 13.2. The zero-order valence-corrected chi connectivity index (χ0v) is 24.3. The van der Waals surface area contributed by atoms with Gasteiger partial charge in [0.2, 0.25) is 33.7 Å². The summed E-state index contributed by atoms with van der Waals surface area (Å²) in [5, 5.41) is 7.41. The van der Waals surface area contributed by atoms with Gasteiger partial charge in [0.15, 0.2) is 17.3 Å². The maximum Gasteiger partial charge on any atom is 0.245 e. The number of aromatic nitrogens is 7. The first kappa shape index (κ1) is 29.7. The molecule has 0 amide bonds. The van der Waals surface area contributed by atoms with Crippen molar-refractivity contribution in [3.8, 4) is 17.4 Å². The summed E-state index contributed by atoms with van der Waals surface area (Å²) >= 11 is 0. The van der Waals surface area contributed by atoms with Gasteiger partial charge < -0.3 is 28.6 Å². The first-order chi connectivity index (χ1) is 20.2. The molecule has 16 nitrogen and oxygen atoms in total. The highest BCUT2D eigenvalue weighted by Crippen LogP contribution is 2.35. The van der Waals surface area contributed by atoms with Crippen LogP contribution in [0.4, 0.5) is 16.3 Å². The Morgan fingerprint density at radius 3 is 2.38 bits per heavy atom. The van der Waals surface area contributed by atoms with Gasteiger partial charge in [-0.3, -0.25) is 9.29 Å². The maximum absolute atomic E-state index is 14.0. The zero-order chi connectivity index (χ0) is 29.9. The molecule has 0 saturated carbocycles. The topological polar surface area (TPSA) is 178 Å². The highest BCUT2D eigenvalue weighted by Gasteiger charge is 2.39. The summed E-state index contributed by atoms with van der Waals surface area (Å²) < 4.78 is 73.7. The number of halogens is 1. The van der Waals surface area contributed by atoms with Gasteiger partial charge in [0, 0.05) is 13.1 Å². The van der Waals surface area contributed by atoms with Gasteiger partial charge in [0.05, 0.1) is 58.6 Å². The number of nitrogens with zero attached hydrogens (tertiary/aromatic N) is 8. The number of methoxy groups -OCH3 is 2. The Bertz CT molecular complexity index is 1450. The molecule has 5 rings (SSSR count). The van der Waals surface area contributed by atoms with Crippen molar-refractivity contribution in [1.29, 1.82) is 0 Å². The molecule has 0 radical (unpaired) electrons. The lowest BCUT2D eigenvalue weighted by molar-refractivity contribution is -0.0941. The lowest BCUT2D eigenvalue weighted by atomic mass is 10.1. The number of rotatable bonds is 10. The van der Waals surface area contributed by atoms with Crippen LogP contribution < -0.4 is 19.1 Å². The molecular weight excluding hydrogens is 577 g/mol. The number of piperidine rings is 1. The van der Waals surface area contributed by atoms with Crippen LogP contribution in [-0.2, 0) is 24.2 Å². The van der Waals surface area contributed by atoms with Crippen LogP contribution in [0.25, 0.3) is 5.69 Å². The van der Waals surface area contributed by atoms with Gasteiger partial charge in [-0.15, -0.1) is 10.2 Å². The molecule has 1 N–H and O–H groups in total. The van der Waals surface area contributed by atoms with Crippen LogP contribution in [0.5, 0.6) is 11.8 Å². The van der Waals surface area contributed by atoms with Crippen LogP contribution in [0.3, 0.4) is 0 Å². The van der Waals surface area contributed by atoms with E-state index in [0.29, 0.717) is 19.8 Å². The van der Waals surface area contributed by atoms with Crippen molar-refractivity contribution in [2.75, 3.05) is 56.8 Å². The Hall–Kier alpha value is -3.74. The van der Waals surface area contributed by atoms with Gasteiger partial charge in [-0.25, -0.2) is 22.8 Å². The average molecular weight is 610 g/mol. The molecule has 2 fully saturated rings. The number of anilines is 2. The van der Waals surface area contributed by atoms with E-state index in [4.69, 9.17) is 23.7 Å². The van der Waals surface area contributed by atoms with E-state index in [1.54, 1.807) is 4.90 Å². The van der Waals surface area contributed by atoms with Gasteiger partial charge in [-0.2, -0.15) is 9.97 Å². The molecule has 228 valence electrons. The van der Waals surface area contributed by atoms with E-state index in [-0.39, 0.29) is 60.8 Å². The number of ether oxygens (including phenoxy) is 5. The summed E-state index contributed by atoms with van der Waals surface area (Å²) in [6.07, 6.45) is 2.16. The molecule has 3 aromatic heterocycles. The van der Waals surface area contributed by atoms with Gasteiger partial charge in [0.25, 0.3) is 0 Å². The number of hydrogen-bond acceptors (Lipinski definition) is 14. The third-order valence-corrected chi connectivity index (χ3v) is 8.24. The fraction of sp³-hybridized carbons (Fsp3) is 0.583. The van der Waals surface area contributed by atoms with Crippen molar-refractivity contribution >= 4 is 21.9 Å². The predicted octanol–water partition coefficient (Wildman–Crippen LogP) is 0.906. The van der Waals surface area contributed by atoms with E-state index in [2.05, 4.69) is 34.9 Å². The molecule has 0 aliphatic carbocycles. The minimum atomic E-state index is -4.16. The Labute approximate surface area is 241 Å². The van der Waals surface area contributed by atoms with Crippen molar-refractivity contribution in [1.82, 2.24) is 34.7 Å². The van der Waals surface area contributed by atoms with Crippen LogP contribution in [0.15, 0.2) is 18.7 Å². The molecule has 42 heavy (non-hydrogen) atoms. The highest BCUT2D eigenvalue weighted by atomic mass is 32.2. The minimum absolute atomic E-state index is 0.0145. The molecule has 3 aromatic rings. The van der Waals surface area contributed by atoms with Gasteiger partial charge >= 0.3 is 0 Å². The Balaban J connectivity index is 1.53. The minimum Gasteiger partial charge on any atom is -0.479 e. The summed E-state index contributed by atoms with van der Waals surface area (Å²) in [6.45, 7) is 4.93. The van der Waals surface area contributed by atoms with Crippen LogP contribution in [0.2, 0.25) is 0 Å². The molecule has 2 saturated heterocycles. The summed E-state index contributed by atoms with van der Waals surface area (Å²) in [7, 11) is -1.35. The molecule has 3 atom stereocenters. The molecule has 2 aliphatic rings. The lowest BCUT2D eigenvalue weighted by Crippen LogP contribution is -2.51. The maximum atomic E-state index is 14.0. The summed E-state index contributed by atoms with van der Waals surface area (Å²) in [6, 6.07) is 0. The second-order valence-corrected chi connectivity index (χ2v) is 11.8. The zero-order valence-electron chi connectivity index (χ0n) is 23.5. The van der Waals surface area contributed by atoms with Gasteiger partial charge in [-0.1, -0.05) is 0 Å². The fourth-order valence-corrected chi connectivity index (χ4v) is 6.22. The standard InChI is InChI=1S/C24H32FN9O7S/c1-14(2)41-16-7-17(11-33(10-16)23-26-8-15(25)9-27-23)42(35,36)32-24-31-30-20(18-12-39-5-6-40-18)34(24)19-21(37-3)28-13-29-22(19)38-4/h8-9,13-14,16-18H,5-7,10-12H2,1-4H3,(H,31,32)/t16?,17?,18-/m0/s1. The molecule has 0 aromatic carbocycles. The number of sulfonamides is 1. The predicted molar refractivity (Wildman–Crippen MR) is 145 cm³/mol. The first-order valence-corrected chi connectivity index (χ1v) is 14.7. The Morgan fingerprint density at radius 2 is 1.76 bits per heavy atom. The quantitative estimate of drug-likeness (QED) is 0.343. The van der Waals surface area contributed by atoms with Crippen LogP contribution in [0, 0.1) is 5.82 Å². The normalized spacial score (nSPS) is 21.4. The van der Waals surface area contributed by atoms with Gasteiger partial charge in [0.1, 0.15) is 17.7 Å². The molecule has 5 heterocycles. The third kappa shape index (κ3) is 6.35. The SMILES string of the molecule is COc1ncnc(OC)c1-n1c(NS(=O)(=O)C2CC(OC(C)C)CN(c3ncc(F)cn3)C2)nnc1[C@@H]1COCCO1. The molecule has 18 heteroatoms. The Morgan fingerprint density at radius 1 is 1.05 bits per heavy atom. The fourth-order valence-electron chi connectivity index (χ4n) is 4.83. The lowest BCUT2D eigenvalue weighted by Gasteiger charge is -2.37. The van der Waals surface area contributed by atoms with Crippen LogP contribution in [-0.4, -0.2) is 108 Å². The van der Waals surface area contributed by atoms with E-state index in [1.807, 2.05) is 13.8 Å². The smallest absolute Gasteiger partial charge is 0.245 e. The number of nitrogens with one attached hydrogen (secondary N) is 1. The molecule has 0 bridgehead atoms. The molecule has 0 spiro atoms. The summed E-state index contributed by atoms with van der Waals surface area (Å²) in [5.41, 5.74) is 0.167. The largest absolute Gasteiger partial charge is 0.479 e. The van der Waals surface area contributed by atoms with E-state index >= 15 is 0 Å². The van der Waals surface area contributed by atoms with Crippen molar-refractivity contribution in [2.24, 2.45) is 0 Å². The van der Waals surface area contributed by atoms with Crippen molar-refractivity contribution in [3.63, 3.8) is 0 Å². The van der Waals surface area contributed by atoms with E-state index < -0.39 is 33.3 Å².